The summed E-state index contributed by atoms with van der Waals surface area (Å²) in [5.41, 5.74) is 3.66. The van der Waals surface area contributed by atoms with Crippen LogP contribution in [-0.4, -0.2) is 17.4 Å². The second kappa shape index (κ2) is 9.21. The largest absolute Gasteiger partial charge is 0.504 e. The normalized spacial score (nSPS) is 18.7. The zero-order chi connectivity index (χ0) is 21.1. The van der Waals surface area contributed by atoms with Gasteiger partial charge in [0.25, 0.3) is 0 Å². The third-order valence-corrected chi connectivity index (χ3v) is 5.94. The van der Waals surface area contributed by atoms with E-state index in [4.69, 9.17) is 21.3 Å². The first-order valence-corrected chi connectivity index (χ1v) is 11.0. The Kier molecular flexibility index (Phi) is 6.42. The van der Waals surface area contributed by atoms with Gasteiger partial charge in [-0.3, -0.25) is 10.3 Å². The van der Waals surface area contributed by atoms with Gasteiger partial charge in [0, 0.05) is 38.8 Å². The number of phenols is 1. The fraction of sp³-hybridized carbons (Fsp3) is 0.208. The first-order chi connectivity index (χ1) is 14.6. The lowest BCUT2D eigenvalue weighted by Gasteiger charge is -2.31. The molecule has 1 aliphatic heterocycles. The summed E-state index contributed by atoms with van der Waals surface area (Å²) in [4.78, 5) is 4.98. The van der Waals surface area contributed by atoms with Gasteiger partial charge in [-0.05, 0) is 36.8 Å². The molecule has 30 heavy (non-hydrogen) atoms. The number of para-hydroxylation sites is 1. The lowest BCUT2D eigenvalue weighted by atomic mass is 9.93. The highest BCUT2D eigenvalue weighted by atomic mass is 79.9. The number of hydrogen-bond donors (Lipinski definition) is 2. The minimum Gasteiger partial charge on any atom is -0.504 e. The maximum absolute atomic E-state index is 10.8. The predicted molar refractivity (Wildman–Crippen MR) is 125 cm³/mol. The Morgan fingerprint density at radius 3 is 2.63 bits per heavy atom. The molecule has 1 aliphatic rings. The Bertz CT molecular complexity index is 1090. The van der Waals surface area contributed by atoms with Gasteiger partial charge in [-0.15, -0.1) is 0 Å². The van der Waals surface area contributed by atoms with Crippen molar-refractivity contribution in [2.24, 2.45) is 4.99 Å². The van der Waals surface area contributed by atoms with Crippen molar-refractivity contribution in [3.8, 4) is 11.5 Å². The van der Waals surface area contributed by atoms with Crippen LogP contribution in [0.4, 0.5) is 0 Å². The monoisotopic (exact) mass is 484 g/mol. The van der Waals surface area contributed by atoms with E-state index in [0.717, 1.165) is 26.9 Å². The number of benzene rings is 3. The molecule has 0 aromatic heterocycles. The lowest BCUT2D eigenvalue weighted by molar-refractivity contribution is 0.313. The highest BCUT2D eigenvalue weighted by Crippen LogP contribution is 2.39. The number of nitrogens with one attached hydrogen (secondary N) is 1. The van der Waals surface area contributed by atoms with E-state index in [-0.39, 0.29) is 18.0 Å². The van der Waals surface area contributed by atoms with Crippen molar-refractivity contribution in [2.45, 2.75) is 25.6 Å². The Labute approximate surface area is 189 Å². The molecule has 0 radical (unpaired) electrons. The number of aliphatic imine (C=N–C) groups is 1. The van der Waals surface area contributed by atoms with Crippen LogP contribution in [0.15, 0.2) is 76.2 Å². The molecule has 0 saturated heterocycles. The van der Waals surface area contributed by atoms with E-state index < -0.39 is 0 Å². The van der Waals surface area contributed by atoms with Crippen molar-refractivity contribution >= 4 is 33.2 Å². The van der Waals surface area contributed by atoms with Crippen molar-refractivity contribution in [2.75, 3.05) is 6.61 Å². The third kappa shape index (κ3) is 4.38. The third-order valence-electron chi connectivity index (χ3n) is 5.10. The van der Waals surface area contributed by atoms with Crippen LogP contribution in [0.25, 0.3) is 0 Å². The van der Waals surface area contributed by atoms with E-state index in [1.54, 1.807) is 6.07 Å². The topological polar surface area (TPSA) is 53.8 Å². The standard InChI is InChI=1S/C24H22BrClN2O2/c1-2-30-22-12-6-10-18(23(22)29)21-14-20(15-7-5-8-16(25)13-15)27-24(28-21)17-9-3-4-11-19(17)26/h3-13,21,24,28-29H,2,14H2,1H3/t21-,24-/m1/s1. The van der Waals surface area contributed by atoms with Crippen LogP contribution in [0.5, 0.6) is 11.5 Å². The molecule has 0 aliphatic carbocycles. The zero-order valence-electron chi connectivity index (χ0n) is 16.5. The summed E-state index contributed by atoms with van der Waals surface area (Å²) in [7, 11) is 0. The SMILES string of the molecule is CCOc1cccc([C@H]2CC(c3cccc(Br)c3)=N[C@@H](c3ccccc3Cl)N2)c1O. The van der Waals surface area contributed by atoms with Crippen molar-refractivity contribution in [1.82, 2.24) is 5.32 Å². The number of halogens is 2. The maximum Gasteiger partial charge on any atom is 0.162 e. The highest BCUT2D eigenvalue weighted by molar-refractivity contribution is 9.10. The summed E-state index contributed by atoms with van der Waals surface area (Å²) in [6, 6.07) is 21.2. The Hall–Kier alpha value is -2.34. The van der Waals surface area contributed by atoms with Gasteiger partial charge in [-0.2, -0.15) is 0 Å². The minimum atomic E-state index is -0.332. The maximum atomic E-state index is 10.8. The van der Waals surface area contributed by atoms with Gasteiger partial charge in [-0.1, -0.05) is 70.0 Å². The molecule has 4 nitrogen and oxygen atoms in total. The molecular formula is C24H22BrClN2O2. The second-order valence-corrected chi connectivity index (χ2v) is 8.38. The number of aromatic hydroxyl groups is 1. The molecule has 0 spiro atoms. The van der Waals surface area contributed by atoms with E-state index in [9.17, 15) is 5.11 Å². The van der Waals surface area contributed by atoms with Gasteiger partial charge >= 0.3 is 0 Å². The average molecular weight is 486 g/mol. The molecule has 0 amide bonds. The van der Waals surface area contributed by atoms with Gasteiger partial charge in [0.15, 0.2) is 11.5 Å². The quantitative estimate of drug-likeness (QED) is 0.438. The van der Waals surface area contributed by atoms with Crippen molar-refractivity contribution in [3.05, 3.63) is 92.9 Å². The molecule has 2 N–H and O–H groups in total. The van der Waals surface area contributed by atoms with Crippen LogP contribution in [0.3, 0.4) is 0 Å². The molecule has 4 rings (SSSR count). The molecule has 3 aromatic carbocycles. The van der Waals surface area contributed by atoms with Crippen LogP contribution < -0.4 is 10.1 Å². The van der Waals surface area contributed by atoms with Crippen molar-refractivity contribution in [1.29, 1.82) is 0 Å². The minimum absolute atomic E-state index is 0.154. The van der Waals surface area contributed by atoms with Crippen LogP contribution in [0, 0.1) is 0 Å². The van der Waals surface area contributed by atoms with Gasteiger partial charge in [0.05, 0.1) is 6.61 Å². The Morgan fingerprint density at radius 1 is 1.10 bits per heavy atom. The van der Waals surface area contributed by atoms with Crippen LogP contribution in [0.1, 0.15) is 42.2 Å². The van der Waals surface area contributed by atoms with Crippen molar-refractivity contribution < 1.29 is 9.84 Å². The number of hydrogen-bond acceptors (Lipinski definition) is 4. The Morgan fingerprint density at radius 2 is 1.87 bits per heavy atom. The lowest BCUT2D eigenvalue weighted by Crippen LogP contribution is -2.33. The fourth-order valence-electron chi connectivity index (χ4n) is 3.70. The van der Waals surface area contributed by atoms with E-state index in [1.165, 1.54) is 0 Å². The molecule has 0 bridgehead atoms. The molecule has 1 heterocycles. The fourth-order valence-corrected chi connectivity index (χ4v) is 4.34. The second-order valence-electron chi connectivity index (χ2n) is 7.06. The van der Waals surface area contributed by atoms with E-state index in [0.29, 0.717) is 23.8 Å². The van der Waals surface area contributed by atoms with Crippen LogP contribution in [0.2, 0.25) is 5.02 Å². The summed E-state index contributed by atoms with van der Waals surface area (Å²) in [5, 5.41) is 15.1. The summed E-state index contributed by atoms with van der Waals surface area (Å²) in [6.45, 7) is 2.39. The molecule has 2 atom stereocenters. The Balaban J connectivity index is 1.78. The molecule has 3 aromatic rings. The number of nitrogens with zero attached hydrogens (tertiary/aromatic N) is 1. The zero-order valence-corrected chi connectivity index (χ0v) is 18.8. The van der Waals surface area contributed by atoms with Gasteiger partial charge in [0.1, 0.15) is 6.17 Å². The van der Waals surface area contributed by atoms with E-state index in [2.05, 4.69) is 27.3 Å². The molecule has 0 unspecified atom stereocenters. The smallest absolute Gasteiger partial charge is 0.162 e. The van der Waals surface area contributed by atoms with E-state index in [1.807, 2.05) is 61.5 Å². The molecule has 154 valence electrons. The molecule has 0 fully saturated rings. The van der Waals surface area contributed by atoms with E-state index >= 15 is 0 Å². The highest BCUT2D eigenvalue weighted by Gasteiger charge is 2.29. The number of ether oxygens (including phenoxy) is 1. The first kappa shape index (κ1) is 20.9. The first-order valence-electron chi connectivity index (χ1n) is 9.84. The number of phenolic OH excluding ortho intramolecular Hbond substituents is 1. The summed E-state index contributed by atoms with van der Waals surface area (Å²) in [5.74, 6) is 0.642. The summed E-state index contributed by atoms with van der Waals surface area (Å²) < 4.78 is 6.58. The molecule has 6 heteroatoms. The van der Waals surface area contributed by atoms with Gasteiger partial charge in [-0.25, -0.2) is 0 Å². The summed E-state index contributed by atoms with van der Waals surface area (Å²) >= 11 is 10.0. The average Bonchev–Trinajstić information content (AvgIpc) is 2.75. The molecular weight excluding hydrogens is 464 g/mol. The van der Waals surface area contributed by atoms with Gasteiger partial charge < -0.3 is 9.84 Å². The molecule has 0 saturated carbocycles. The predicted octanol–water partition coefficient (Wildman–Crippen LogP) is 6.43. The van der Waals surface area contributed by atoms with Crippen LogP contribution >= 0.6 is 27.5 Å². The van der Waals surface area contributed by atoms with Crippen molar-refractivity contribution in [3.63, 3.8) is 0 Å². The number of rotatable bonds is 5. The van der Waals surface area contributed by atoms with Gasteiger partial charge in [0.2, 0.25) is 0 Å². The van der Waals surface area contributed by atoms with Crippen LogP contribution in [-0.2, 0) is 0 Å². The summed E-state index contributed by atoms with van der Waals surface area (Å²) in [6.07, 6.45) is 0.294.